The molecule has 1 aliphatic carbocycles. The molecule has 1 aromatic rings. The van der Waals surface area contributed by atoms with Crippen LogP contribution >= 0.6 is 0 Å². The van der Waals surface area contributed by atoms with Crippen molar-refractivity contribution in [2.45, 2.75) is 23.5 Å². The van der Waals surface area contributed by atoms with Gasteiger partial charge in [0.15, 0.2) is 0 Å². The molecule has 0 radical (unpaired) electrons. The molecule has 1 aromatic carbocycles. The third-order valence-corrected chi connectivity index (χ3v) is 5.84. The van der Waals surface area contributed by atoms with Gasteiger partial charge in [-0.3, -0.25) is 4.79 Å². The highest BCUT2D eigenvalue weighted by atomic mass is 32.2. The van der Waals surface area contributed by atoms with Gasteiger partial charge in [-0.2, -0.15) is 0 Å². The van der Waals surface area contributed by atoms with Crippen LogP contribution in [0.2, 0.25) is 0 Å². The summed E-state index contributed by atoms with van der Waals surface area (Å²) in [6.45, 7) is 1.16. The molecule has 8 nitrogen and oxygen atoms in total. The standard InChI is InChI=1S/C16H22N2O6S/c1-22-8-12-14(10-5-6-24-15(10)12)18-16(19)11-7-9(25(17,20)21)3-4-13(11)23-2/h3-4,7,10,12,14-15H,5-6,8H2,1-2H3,(H,18,19)(H2,17,20,21)/t10-,12+,14-,15-/m0/s1. The molecular formula is C16H22N2O6S. The van der Waals surface area contributed by atoms with Crippen molar-refractivity contribution in [1.29, 1.82) is 0 Å². The van der Waals surface area contributed by atoms with E-state index in [9.17, 15) is 13.2 Å². The molecule has 138 valence electrons. The first-order valence-electron chi connectivity index (χ1n) is 7.99. The molecule has 2 aliphatic rings. The second-order valence-electron chi connectivity index (χ2n) is 6.31. The molecule has 0 unspecified atom stereocenters. The molecule has 1 aliphatic heterocycles. The molecule has 1 heterocycles. The van der Waals surface area contributed by atoms with E-state index in [1.807, 2.05) is 0 Å². The van der Waals surface area contributed by atoms with Crippen LogP contribution in [0, 0.1) is 11.8 Å². The molecule has 4 atom stereocenters. The first kappa shape index (κ1) is 18.1. The number of nitrogens with two attached hydrogens (primary N) is 1. The quantitative estimate of drug-likeness (QED) is 0.735. The highest BCUT2D eigenvalue weighted by Gasteiger charge is 2.54. The maximum atomic E-state index is 12.7. The molecule has 1 saturated carbocycles. The van der Waals surface area contributed by atoms with Gasteiger partial charge in [0, 0.05) is 31.6 Å². The van der Waals surface area contributed by atoms with Crippen molar-refractivity contribution in [1.82, 2.24) is 5.32 Å². The first-order chi connectivity index (χ1) is 11.9. The zero-order valence-corrected chi connectivity index (χ0v) is 14.9. The lowest BCUT2D eigenvalue weighted by molar-refractivity contribution is -0.0809. The Morgan fingerprint density at radius 2 is 2.16 bits per heavy atom. The summed E-state index contributed by atoms with van der Waals surface area (Å²) in [6.07, 6.45) is 0.979. The van der Waals surface area contributed by atoms with Gasteiger partial charge in [-0.05, 0) is 24.6 Å². The van der Waals surface area contributed by atoms with Crippen LogP contribution in [0.4, 0.5) is 0 Å². The number of carbonyl (C=O) groups excluding carboxylic acids is 1. The fourth-order valence-corrected chi connectivity index (χ4v) is 4.24. The van der Waals surface area contributed by atoms with Crippen molar-refractivity contribution >= 4 is 15.9 Å². The molecule has 9 heteroatoms. The number of methoxy groups -OCH3 is 2. The monoisotopic (exact) mass is 370 g/mol. The third kappa shape index (κ3) is 3.37. The van der Waals surface area contributed by atoms with E-state index in [2.05, 4.69) is 5.32 Å². The van der Waals surface area contributed by atoms with Gasteiger partial charge in [0.25, 0.3) is 5.91 Å². The first-order valence-corrected chi connectivity index (χ1v) is 9.53. The summed E-state index contributed by atoms with van der Waals surface area (Å²) in [5.74, 6) is 0.205. The number of amides is 1. The number of rotatable bonds is 6. The number of hydrogen-bond donors (Lipinski definition) is 2. The van der Waals surface area contributed by atoms with Crippen molar-refractivity contribution < 1.29 is 27.4 Å². The maximum Gasteiger partial charge on any atom is 0.255 e. The summed E-state index contributed by atoms with van der Waals surface area (Å²) >= 11 is 0. The summed E-state index contributed by atoms with van der Waals surface area (Å²) in [4.78, 5) is 12.6. The smallest absolute Gasteiger partial charge is 0.255 e. The lowest BCUT2D eigenvalue weighted by atomic mass is 9.67. The summed E-state index contributed by atoms with van der Waals surface area (Å²) in [6, 6.07) is 3.88. The maximum absolute atomic E-state index is 12.7. The van der Waals surface area contributed by atoms with E-state index in [1.165, 1.54) is 25.3 Å². The molecule has 1 amide bonds. The summed E-state index contributed by atoms with van der Waals surface area (Å²) in [5, 5.41) is 8.13. The molecule has 3 rings (SSSR count). The van der Waals surface area contributed by atoms with Crippen molar-refractivity contribution in [2.24, 2.45) is 17.0 Å². The van der Waals surface area contributed by atoms with E-state index in [4.69, 9.17) is 19.3 Å². The zero-order chi connectivity index (χ0) is 18.2. The van der Waals surface area contributed by atoms with Crippen LogP contribution in [0.15, 0.2) is 23.1 Å². The normalized spacial score (nSPS) is 28.1. The molecule has 0 spiro atoms. The second kappa shape index (κ2) is 6.91. The van der Waals surface area contributed by atoms with E-state index in [0.717, 1.165) is 6.42 Å². The van der Waals surface area contributed by atoms with Crippen molar-refractivity contribution in [3.05, 3.63) is 23.8 Å². The highest BCUT2D eigenvalue weighted by molar-refractivity contribution is 7.89. The zero-order valence-electron chi connectivity index (χ0n) is 14.1. The molecule has 25 heavy (non-hydrogen) atoms. The molecule has 2 fully saturated rings. The number of primary sulfonamides is 1. The summed E-state index contributed by atoms with van der Waals surface area (Å²) in [7, 11) is -0.885. The Hall–Kier alpha value is -1.68. The van der Waals surface area contributed by atoms with Gasteiger partial charge >= 0.3 is 0 Å². The van der Waals surface area contributed by atoms with Crippen LogP contribution in [0.1, 0.15) is 16.8 Å². The molecule has 0 bridgehead atoms. The number of hydrogen-bond acceptors (Lipinski definition) is 6. The average Bonchev–Trinajstić information content (AvgIpc) is 3.00. The van der Waals surface area contributed by atoms with Gasteiger partial charge in [-0.1, -0.05) is 0 Å². The second-order valence-corrected chi connectivity index (χ2v) is 7.87. The summed E-state index contributed by atoms with van der Waals surface area (Å²) in [5.41, 5.74) is 0.132. The largest absolute Gasteiger partial charge is 0.496 e. The third-order valence-electron chi connectivity index (χ3n) is 4.93. The van der Waals surface area contributed by atoms with Gasteiger partial charge in [0.2, 0.25) is 10.0 Å². The molecular weight excluding hydrogens is 348 g/mol. The molecule has 1 saturated heterocycles. The average molecular weight is 370 g/mol. The lowest BCUT2D eigenvalue weighted by Crippen LogP contribution is -2.62. The van der Waals surface area contributed by atoms with E-state index < -0.39 is 15.9 Å². The van der Waals surface area contributed by atoms with Crippen molar-refractivity contribution in [3.8, 4) is 5.75 Å². The predicted octanol–water partition coefficient (Wildman–Crippen LogP) is 0.122. The number of nitrogens with one attached hydrogen (secondary N) is 1. The van der Waals surface area contributed by atoms with Gasteiger partial charge in [-0.15, -0.1) is 0 Å². The number of sulfonamides is 1. The Morgan fingerprint density at radius 1 is 1.40 bits per heavy atom. The summed E-state index contributed by atoms with van der Waals surface area (Å²) < 4.78 is 39.2. The van der Waals surface area contributed by atoms with Crippen LogP contribution in [0.5, 0.6) is 5.75 Å². The Kier molecular flexibility index (Phi) is 5.01. The van der Waals surface area contributed by atoms with Crippen molar-refractivity contribution in [3.63, 3.8) is 0 Å². The molecule has 3 N–H and O–H groups in total. The van der Waals surface area contributed by atoms with Gasteiger partial charge < -0.3 is 19.5 Å². The predicted molar refractivity (Wildman–Crippen MR) is 88.8 cm³/mol. The lowest BCUT2D eigenvalue weighted by Gasteiger charge is -2.47. The van der Waals surface area contributed by atoms with Crippen LogP contribution < -0.4 is 15.2 Å². The number of carbonyl (C=O) groups is 1. The van der Waals surface area contributed by atoms with Crippen LogP contribution in [0.3, 0.4) is 0 Å². The Balaban J connectivity index is 1.83. The van der Waals surface area contributed by atoms with Gasteiger partial charge in [0.05, 0.1) is 30.3 Å². The van der Waals surface area contributed by atoms with Crippen LogP contribution in [-0.4, -0.2) is 53.9 Å². The Morgan fingerprint density at radius 3 is 2.80 bits per heavy atom. The molecule has 0 aromatic heterocycles. The fraction of sp³-hybridized carbons (Fsp3) is 0.562. The van der Waals surface area contributed by atoms with Gasteiger partial charge in [0.1, 0.15) is 5.75 Å². The van der Waals surface area contributed by atoms with Gasteiger partial charge in [-0.25, -0.2) is 13.6 Å². The van der Waals surface area contributed by atoms with E-state index >= 15 is 0 Å². The van der Waals surface area contributed by atoms with Crippen LogP contribution in [-0.2, 0) is 19.5 Å². The number of ether oxygens (including phenoxy) is 3. The minimum absolute atomic E-state index is 0.0777. The SMILES string of the molecule is COC[C@@H]1[C@@H](NC(=O)c2cc(S(N)(=O)=O)ccc2OC)[C@@H]2CCO[C@H]12. The van der Waals surface area contributed by atoms with E-state index in [-0.39, 0.29) is 40.2 Å². The van der Waals surface area contributed by atoms with E-state index in [0.29, 0.717) is 13.2 Å². The number of benzene rings is 1. The Bertz CT molecular complexity index is 766. The van der Waals surface area contributed by atoms with E-state index in [1.54, 1.807) is 7.11 Å². The fourth-order valence-electron chi connectivity index (χ4n) is 3.71. The van der Waals surface area contributed by atoms with Crippen molar-refractivity contribution in [2.75, 3.05) is 27.4 Å². The number of fused-ring (bicyclic) bond motifs is 1. The van der Waals surface area contributed by atoms with Crippen LogP contribution in [0.25, 0.3) is 0 Å². The minimum Gasteiger partial charge on any atom is -0.496 e. The minimum atomic E-state index is -3.91. The highest BCUT2D eigenvalue weighted by Crippen LogP contribution is 2.44. The topological polar surface area (TPSA) is 117 Å². The Labute approximate surface area is 146 Å².